The number of rotatable bonds is 12. The lowest BCUT2D eigenvalue weighted by molar-refractivity contribution is -0.385. The van der Waals surface area contributed by atoms with Crippen LogP contribution < -0.4 is 5.32 Å². The minimum atomic E-state index is -0.664. The SMILES string of the molecule is COCCOCCOCC(=O)NCCc1cc(O)c(O)cc1[N+](=O)[O-]. The van der Waals surface area contributed by atoms with Gasteiger partial charge in [0.05, 0.1) is 37.4 Å². The van der Waals surface area contributed by atoms with Crippen molar-refractivity contribution in [1.29, 1.82) is 0 Å². The van der Waals surface area contributed by atoms with Gasteiger partial charge >= 0.3 is 0 Å². The van der Waals surface area contributed by atoms with Crippen molar-refractivity contribution in [3.8, 4) is 11.5 Å². The van der Waals surface area contributed by atoms with Gasteiger partial charge < -0.3 is 29.7 Å². The zero-order chi connectivity index (χ0) is 18.7. The number of methoxy groups -OCH3 is 1. The van der Waals surface area contributed by atoms with Crippen LogP contribution >= 0.6 is 0 Å². The number of nitrogens with one attached hydrogen (secondary N) is 1. The maximum absolute atomic E-state index is 11.6. The smallest absolute Gasteiger partial charge is 0.276 e. The Bertz CT molecular complexity index is 579. The first-order valence-corrected chi connectivity index (χ1v) is 7.56. The summed E-state index contributed by atoms with van der Waals surface area (Å²) in [5.41, 5.74) is -0.123. The Kier molecular flexibility index (Phi) is 9.22. The highest BCUT2D eigenvalue weighted by Crippen LogP contribution is 2.32. The fourth-order valence-corrected chi connectivity index (χ4v) is 1.89. The van der Waals surface area contributed by atoms with E-state index in [4.69, 9.17) is 14.2 Å². The van der Waals surface area contributed by atoms with E-state index in [0.29, 0.717) is 19.8 Å². The molecule has 10 heteroatoms. The molecule has 0 spiro atoms. The molecule has 3 N–H and O–H groups in total. The van der Waals surface area contributed by atoms with Gasteiger partial charge in [-0.3, -0.25) is 14.9 Å². The number of nitro groups is 1. The maximum atomic E-state index is 11.6. The van der Waals surface area contributed by atoms with Crippen molar-refractivity contribution in [2.75, 3.05) is 46.7 Å². The van der Waals surface area contributed by atoms with Crippen LogP contribution in [-0.2, 0) is 25.4 Å². The summed E-state index contributed by atoms with van der Waals surface area (Å²) in [5, 5.41) is 32.2. The van der Waals surface area contributed by atoms with E-state index in [1.54, 1.807) is 7.11 Å². The van der Waals surface area contributed by atoms with Gasteiger partial charge in [-0.05, 0) is 12.5 Å². The van der Waals surface area contributed by atoms with Crippen LogP contribution in [0.3, 0.4) is 0 Å². The van der Waals surface area contributed by atoms with Gasteiger partial charge in [-0.1, -0.05) is 0 Å². The van der Waals surface area contributed by atoms with E-state index in [9.17, 15) is 25.1 Å². The van der Waals surface area contributed by atoms with Gasteiger partial charge in [0.15, 0.2) is 11.5 Å². The Morgan fingerprint density at radius 1 is 1.16 bits per heavy atom. The standard InChI is InChI=1S/C15H22N2O8/c1-23-4-5-24-6-7-25-10-15(20)16-3-2-11-8-13(18)14(19)9-12(11)17(21)22/h8-9,18-19H,2-7,10H2,1H3,(H,16,20). The second-order valence-corrected chi connectivity index (χ2v) is 4.98. The first-order valence-electron chi connectivity index (χ1n) is 7.56. The molecule has 0 atom stereocenters. The molecule has 0 saturated heterocycles. The number of nitrogens with zero attached hydrogens (tertiary/aromatic N) is 1. The van der Waals surface area contributed by atoms with Crippen LogP contribution in [0.5, 0.6) is 11.5 Å². The van der Waals surface area contributed by atoms with Gasteiger partial charge in [0, 0.05) is 19.2 Å². The van der Waals surface area contributed by atoms with Gasteiger partial charge in [0.2, 0.25) is 5.91 Å². The summed E-state index contributed by atoms with van der Waals surface area (Å²) in [6.45, 7) is 1.50. The van der Waals surface area contributed by atoms with Gasteiger partial charge in [-0.25, -0.2) is 0 Å². The number of hydrogen-bond acceptors (Lipinski definition) is 8. The average molecular weight is 358 g/mol. The van der Waals surface area contributed by atoms with Crippen LogP contribution in [0.4, 0.5) is 5.69 Å². The third kappa shape index (κ3) is 7.79. The van der Waals surface area contributed by atoms with Gasteiger partial charge in [0.25, 0.3) is 5.69 Å². The summed E-state index contributed by atoms with van der Waals surface area (Å²) in [4.78, 5) is 21.9. The molecule has 25 heavy (non-hydrogen) atoms. The Hall–Kier alpha value is -2.43. The summed E-state index contributed by atoms with van der Waals surface area (Å²) < 4.78 is 15.1. The van der Waals surface area contributed by atoms with E-state index in [1.165, 1.54) is 0 Å². The summed E-state index contributed by atoms with van der Waals surface area (Å²) in [5.74, 6) is -1.40. The molecule has 0 aliphatic heterocycles. The normalized spacial score (nSPS) is 10.6. The highest BCUT2D eigenvalue weighted by molar-refractivity contribution is 5.77. The molecular formula is C15H22N2O8. The minimum absolute atomic E-state index is 0.121. The molecule has 0 saturated carbocycles. The van der Waals surface area contributed by atoms with Crippen LogP contribution in [0.2, 0.25) is 0 Å². The lowest BCUT2D eigenvalue weighted by atomic mass is 10.1. The second-order valence-electron chi connectivity index (χ2n) is 4.98. The molecule has 1 aromatic carbocycles. The molecular weight excluding hydrogens is 336 g/mol. The molecule has 0 aromatic heterocycles. The number of hydrogen-bond donors (Lipinski definition) is 3. The van der Waals surface area contributed by atoms with E-state index in [0.717, 1.165) is 12.1 Å². The van der Waals surface area contributed by atoms with Gasteiger partial charge in [0.1, 0.15) is 6.61 Å². The Morgan fingerprint density at radius 2 is 1.80 bits per heavy atom. The highest BCUT2D eigenvalue weighted by atomic mass is 16.6. The van der Waals surface area contributed by atoms with Crippen molar-refractivity contribution >= 4 is 11.6 Å². The lowest BCUT2D eigenvalue weighted by Gasteiger charge is -2.08. The molecule has 1 amide bonds. The van der Waals surface area contributed by atoms with Crippen LogP contribution in [0.1, 0.15) is 5.56 Å². The molecule has 0 radical (unpaired) electrons. The third-order valence-corrected chi connectivity index (χ3v) is 3.13. The first kappa shape index (κ1) is 20.6. The summed E-state index contributed by atoms with van der Waals surface area (Å²) in [6.07, 6.45) is 0.121. The van der Waals surface area contributed by atoms with E-state index in [-0.39, 0.29) is 43.3 Å². The topological polar surface area (TPSA) is 140 Å². The maximum Gasteiger partial charge on any atom is 0.276 e. The van der Waals surface area contributed by atoms with Crippen LogP contribution in [0, 0.1) is 10.1 Å². The number of carbonyl (C=O) groups excluding carboxylic acids is 1. The monoisotopic (exact) mass is 358 g/mol. The quantitative estimate of drug-likeness (QED) is 0.210. The van der Waals surface area contributed by atoms with Crippen molar-refractivity contribution in [2.24, 2.45) is 0 Å². The van der Waals surface area contributed by atoms with Crippen molar-refractivity contribution in [3.63, 3.8) is 0 Å². The van der Waals surface area contributed by atoms with Crippen molar-refractivity contribution in [3.05, 3.63) is 27.8 Å². The Balaban J connectivity index is 2.29. The predicted molar refractivity (Wildman–Crippen MR) is 86.7 cm³/mol. The van der Waals surface area contributed by atoms with E-state index in [2.05, 4.69) is 5.32 Å². The van der Waals surface area contributed by atoms with E-state index < -0.39 is 16.4 Å². The summed E-state index contributed by atoms with van der Waals surface area (Å²) in [7, 11) is 1.57. The zero-order valence-electron chi connectivity index (χ0n) is 13.9. The Labute approximate surface area is 144 Å². The summed E-state index contributed by atoms with van der Waals surface area (Å²) >= 11 is 0. The number of phenols is 2. The largest absolute Gasteiger partial charge is 0.504 e. The number of benzene rings is 1. The van der Waals surface area contributed by atoms with Crippen molar-refractivity contribution in [2.45, 2.75) is 6.42 Å². The molecule has 0 fully saturated rings. The molecule has 0 heterocycles. The highest BCUT2D eigenvalue weighted by Gasteiger charge is 2.17. The number of amides is 1. The van der Waals surface area contributed by atoms with Crippen LogP contribution in [0.25, 0.3) is 0 Å². The summed E-state index contributed by atoms with van der Waals surface area (Å²) in [6, 6.07) is 1.98. The Morgan fingerprint density at radius 3 is 2.48 bits per heavy atom. The fraction of sp³-hybridized carbons (Fsp3) is 0.533. The third-order valence-electron chi connectivity index (χ3n) is 3.13. The predicted octanol–water partition coefficient (Wildman–Crippen LogP) is 0.344. The average Bonchev–Trinajstić information content (AvgIpc) is 2.56. The molecule has 1 rings (SSSR count). The fourth-order valence-electron chi connectivity index (χ4n) is 1.89. The van der Waals surface area contributed by atoms with E-state index in [1.807, 2.05) is 0 Å². The van der Waals surface area contributed by atoms with Crippen LogP contribution in [0.15, 0.2) is 12.1 Å². The zero-order valence-corrected chi connectivity index (χ0v) is 13.9. The minimum Gasteiger partial charge on any atom is -0.504 e. The van der Waals surface area contributed by atoms with Gasteiger partial charge in [-0.2, -0.15) is 0 Å². The molecule has 0 bridgehead atoms. The van der Waals surface area contributed by atoms with Gasteiger partial charge in [-0.15, -0.1) is 0 Å². The van der Waals surface area contributed by atoms with Crippen molar-refractivity contribution < 1.29 is 34.1 Å². The molecule has 1 aromatic rings. The van der Waals surface area contributed by atoms with E-state index >= 15 is 0 Å². The van der Waals surface area contributed by atoms with Crippen LogP contribution in [-0.4, -0.2) is 67.7 Å². The number of aromatic hydroxyl groups is 2. The second kappa shape index (κ2) is 11.2. The number of phenolic OH excluding ortho intramolecular Hbond substituents is 2. The number of carbonyl (C=O) groups is 1. The molecule has 10 nitrogen and oxygen atoms in total. The van der Waals surface area contributed by atoms with Crippen molar-refractivity contribution in [1.82, 2.24) is 5.32 Å². The molecule has 140 valence electrons. The molecule has 0 unspecified atom stereocenters. The molecule has 0 aliphatic rings. The first-order chi connectivity index (χ1) is 12.0. The molecule has 0 aliphatic carbocycles. The number of ether oxygens (including phenoxy) is 3. The lowest BCUT2D eigenvalue weighted by Crippen LogP contribution is -2.30. The number of nitro benzene ring substituents is 1.